The number of hydrogen-bond acceptors (Lipinski definition) is 7. The average molecular weight is 484 g/mol. The molecule has 194 valence electrons. The highest BCUT2D eigenvalue weighted by Crippen LogP contribution is 2.21. The van der Waals surface area contributed by atoms with E-state index >= 15 is 0 Å². The van der Waals surface area contributed by atoms with Crippen molar-refractivity contribution in [3.8, 4) is 0 Å². The molecule has 0 aliphatic carbocycles. The number of aliphatic hydroxyl groups is 1. The molecule has 2 aliphatic heterocycles. The molecule has 3 rings (SSSR count). The molecule has 1 aromatic rings. The van der Waals surface area contributed by atoms with E-state index in [1.165, 1.54) is 11.1 Å². The minimum atomic E-state index is 0.835. The van der Waals surface area contributed by atoms with E-state index < -0.39 is 0 Å². The summed E-state index contributed by atoms with van der Waals surface area (Å²) < 4.78 is 5.34. The second-order valence-corrected chi connectivity index (χ2v) is 8.12. The van der Waals surface area contributed by atoms with Crippen molar-refractivity contribution < 1.29 is 9.84 Å². The number of ether oxygens (including phenoxy) is 1. The second-order valence-electron chi connectivity index (χ2n) is 8.12. The van der Waals surface area contributed by atoms with Crippen LogP contribution in [0.15, 0.2) is 59.2 Å². The Morgan fingerprint density at radius 2 is 1.91 bits per heavy atom. The minimum absolute atomic E-state index is 0.835. The first-order valence-electron chi connectivity index (χ1n) is 12.6. The van der Waals surface area contributed by atoms with Crippen LogP contribution >= 0.6 is 0 Å². The van der Waals surface area contributed by atoms with E-state index in [9.17, 15) is 0 Å². The third-order valence-corrected chi connectivity index (χ3v) is 5.69. The molecule has 0 saturated heterocycles. The Kier molecular flexibility index (Phi) is 15.4. The first kappa shape index (κ1) is 30.4. The van der Waals surface area contributed by atoms with Crippen molar-refractivity contribution in [1.29, 1.82) is 0 Å². The summed E-state index contributed by atoms with van der Waals surface area (Å²) in [5.74, 6) is 0.865. The Morgan fingerprint density at radius 3 is 2.51 bits per heavy atom. The molecule has 0 aromatic carbocycles. The summed E-state index contributed by atoms with van der Waals surface area (Å²) >= 11 is 0. The van der Waals surface area contributed by atoms with E-state index in [1.54, 1.807) is 13.4 Å². The topological polar surface area (TPSA) is 74.1 Å². The van der Waals surface area contributed by atoms with E-state index in [4.69, 9.17) is 9.84 Å². The van der Waals surface area contributed by atoms with Gasteiger partial charge in [0.05, 0.1) is 30.0 Å². The lowest BCUT2D eigenvalue weighted by molar-refractivity contribution is 0.284. The van der Waals surface area contributed by atoms with Gasteiger partial charge in [-0.3, -0.25) is 9.89 Å². The van der Waals surface area contributed by atoms with Crippen LogP contribution in [0.5, 0.6) is 0 Å². The quantitative estimate of drug-likeness (QED) is 0.420. The molecule has 2 aliphatic rings. The number of likely N-dealkylation sites (N-methyl/N-ethyl adjacent to an activating group) is 1. The predicted octanol–water partition coefficient (Wildman–Crippen LogP) is 4.88. The molecule has 0 bridgehead atoms. The Hall–Kier alpha value is -2.61. The van der Waals surface area contributed by atoms with E-state index in [1.807, 2.05) is 33.0 Å². The molecule has 0 saturated carbocycles. The number of methoxy groups -OCH3 is 1. The van der Waals surface area contributed by atoms with Crippen molar-refractivity contribution in [1.82, 2.24) is 19.8 Å². The molecule has 0 fully saturated rings. The number of aliphatic hydroxyl groups excluding tert-OH is 1. The van der Waals surface area contributed by atoms with Gasteiger partial charge < -0.3 is 14.7 Å². The number of rotatable bonds is 8. The van der Waals surface area contributed by atoms with Crippen molar-refractivity contribution in [3.63, 3.8) is 0 Å². The van der Waals surface area contributed by atoms with Crippen molar-refractivity contribution in [3.05, 3.63) is 65.6 Å². The molecular formula is C28H45N5O2. The molecule has 0 atom stereocenters. The molecule has 0 spiro atoms. The molecule has 3 heterocycles. The average Bonchev–Trinajstić information content (AvgIpc) is 2.91. The van der Waals surface area contributed by atoms with Crippen LogP contribution in [0.3, 0.4) is 0 Å². The minimum Gasteiger partial charge on any atom is -0.501 e. The maximum atomic E-state index is 7.00. The van der Waals surface area contributed by atoms with E-state index in [-0.39, 0.29) is 0 Å². The third-order valence-electron chi connectivity index (χ3n) is 5.69. The zero-order valence-electron chi connectivity index (χ0n) is 22.8. The van der Waals surface area contributed by atoms with Gasteiger partial charge in [-0.25, -0.2) is 9.97 Å². The van der Waals surface area contributed by atoms with Gasteiger partial charge in [0, 0.05) is 52.1 Å². The van der Waals surface area contributed by atoms with Gasteiger partial charge in [0.2, 0.25) is 0 Å². The fourth-order valence-corrected chi connectivity index (χ4v) is 3.68. The van der Waals surface area contributed by atoms with Crippen LogP contribution < -0.4 is 0 Å². The number of hydrogen-bond donors (Lipinski definition) is 1. The third kappa shape index (κ3) is 10.7. The summed E-state index contributed by atoms with van der Waals surface area (Å²) in [6.45, 7) is 12.8. The number of aliphatic imine (C=N–C) groups is 1. The summed E-state index contributed by atoms with van der Waals surface area (Å²) in [7, 11) is 4.85. The van der Waals surface area contributed by atoms with Crippen LogP contribution in [0.25, 0.3) is 5.57 Å². The second kappa shape index (κ2) is 17.8. The first-order valence-corrected chi connectivity index (χ1v) is 12.6. The zero-order chi connectivity index (χ0) is 26.1. The molecule has 1 N–H and O–H groups in total. The molecule has 7 heteroatoms. The number of allylic oxidation sites excluding steroid dienone is 3. The molecule has 1 aromatic heterocycles. The summed E-state index contributed by atoms with van der Waals surface area (Å²) in [6.07, 6.45) is 15.2. The SMILES string of the molecule is CC.CC/C=C/N=C(/C=C(\C)OC)C1=CCN(Cc2cc(C3=CCN(C)CC3)ncn2)CC1.CO. The standard InChI is InChI=1S/C25H35N5O.C2H6.CH4O/c1-5-6-11-26-24(16-20(2)31-4)22-9-14-30(15-10-22)18-23-17-25(28-19-27-23)21-7-12-29(3)13-8-21;2*1-2/h6-7,9,11,16-17,19H,5,8,10,12-15,18H2,1-4H3;1-2H3;2H,1H3/b11-6+,20-16+,26-24-;;. The predicted molar refractivity (Wildman–Crippen MR) is 147 cm³/mol. The molecule has 7 nitrogen and oxygen atoms in total. The molecule has 0 amide bonds. The van der Waals surface area contributed by atoms with Crippen molar-refractivity contribution in [2.24, 2.45) is 4.99 Å². The van der Waals surface area contributed by atoms with E-state index in [0.29, 0.717) is 0 Å². The van der Waals surface area contributed by atoms with Gasteiger partial charge in [-0.2, -0.15) is 0 Å². The van der Waals surface area contributed by atoms with E-state index in [2.05, 4.69) is 63.0 Å². The summed E-state index contributed by atoms with van der Waals surface area (Å²) in [6, 6.07) is 2.16. The largest absolute Gasteiger partial charge is 0.501 e. The smallest absolute Gasteiger partial charge is 0.116 e. The molecule has 0 unspecified atom stereocenters. The fourth-order valence-electron chi connectivity index (χ4n) is 3.68. The molecular weight excluding hydrogens is 438 g/mol. The Labute approximate surface area is 212 Å². The Balaban J connectivity index is 0.00000145. The Bertz CT molecular complexity index is 902. The van der Waals surface area contributed by atoms with Crippen LogP contribution in [0.2, 0.25) is 0 Å². The highest BCUT2D eigenvalue weighted by atomic mass is 16.5. The summed E-state index contributed by atoms with van der Waals surface area (Å²) in [4.78, 5) is 18.5. The highest BCUT2D eigenvalue weighted by Gasteiger charge is 2.17. The van der Waals surface area contributed by atoms with Gasteiger partial charge in [-0.1, -0.05) is 39.0 Å². The van der Waals surface area contributed by atoms with Gasteiger partial charge in [-0.05, 0) is 50.4 Å². The highest BCUT2D eigenvalue weighted by molar-refractivity contribution is 6.09. The maximum absolute atomic E-state index is 7.00. The monoisotopic (exact) mass is 483 g/mol. The van der Waals surface area contributed by atoms with Crippen LogP contribution in [-0.2, 0) is 11.3 Å². The van der Waals surface area contributed by atoms with Crippen molar-refractivity contribution in [2.75, 3.05) is 47.4 Å². The van der Waals surface area contributed by atoms with Crippen molar-refractivity contribution >= 4 is 11.3 Å². The van der Waals surface area contributed by atoms with Crippen LogP contribution in [0.4, 0.5) is 0 Å². The van der Waals surface area contributed by atoms with Gasteiger partial charge in [0.25, 0.3) is 0 Å². The fraction of sp³-hybridized carbons (Fsp3) is 0.536. The van der Waals surface area contributed by atoms with Crippen molar-refractivity contribution in [2.45, 2.75) is 53.5 Å². The van der Waals surface area contributed by atoms with Gasteiger partial charge >= 0.3 is 0 Å². The molecule has 0 radical (unpaired) electrons. The van der Waals surface area contributed by atoms with Gasteiger partial charge in [0.15, 0.2) is 0 Å². The molecule has 35 heavy (non-hydrogen) atoms. The van der Waals surface area contributed by atoms with E-state index in [0.717, 1.165) is 82.0 Å². The van der Waals surface area contributed by atoms with Crippen LogP contribution in [0.1, 0.15) is 58.3 Å². The zero-order valence-corrected chi connectivity index (χ0v) is 22.8. The lowest BCUT2D eigenvalue weighted by atomic mass is 10.0. The summed E-state index contributed by atoms with van der Waals surface area (Å²) in [5, 5.41) is 7.00. The lowest BCUT2D eigenvalue weighted by Crippen LogP contribution is -2.30. The number of aromatic nitrogens is 2. The first-order chi connectivity index (χ1) is 17.1. The van der Waals surface area contributed by atoms with Crippen LogP contribution in [-0.4, -0.2) is 78.0 Å². The van der Waals surface area contributed by atoms with Gasteiger partial charge in [0.1, 0.15) is 6.33 Å². The normalized spacial score (nSPS) is 17.6. The Morgan fingerprint density at radius 1 is 1.14 bits per heavy atom. The number of nitrogens with zero attached hydrogens (tertiary/aromatic N) is 5. The van der Waals surface area contributed by atoms with Gasteiger partial charge in [-0.15, -0.1) is 0 Å². The maximum Gasteiger partial charge on any atom is 0.116 e. The van der Waals surface area contributed by atoms with Crippen LogP contribution in [0, 0.1) is 0 Å². The lowest BCUT2D eigenvalue weighted by Gasteiger charge is -2.26. The summed E-state index contributed by atoms with van der Waals surface area (Å²) in [5.41, 5.74) is 5.75.